The van der Waals surface area contributed by atoms with Crippen LogP contribution in [0.2, 0.25) is 0 Å². The molecule has 158 valence electrons. The predicted molar refractivity (Wildman–Crippen MR) is 111 cm³/mol. The average molecular weight is 411 g/mol. The Morgan fingerprint density at radius 2 is 1.93 bits per heavy atom. The maximum atomic E-state index is 13.0. The van der Waals surface area contributed by atoms with Gasteiger partial charge < -0.3 is 19.5 Å². The summed E-state index contributed by atoms with van der Waals surface area (Å²) in [7, 11) is 1.61. The minimum atomic E-state index is -0.316. The van der Waals surface area contributed by atoms with Crippen LogP contribution >= 0.6 is 0 Å². The first-order valence-corrected chi connectivity index (χ1v) is 10.2. The predicted octanol–water partition coefficient (Wildman–Crippen LogP) is 1.27. The van der Waals surface area contributed by atoms with Gasteiger partial charge in [0.2, 0.25) is 5.88 Å². The number of fused-ring (bicyclic) bond motifs is 1. The Balaban J connectivity index is 1.31. The van der Waals surface area contributed by atoms with Gasteiger partial charge in [-0.25, -0.2) is 0 Å². The molecule has 1 amide bonds. The Hall–Kier alpha value is -3.04. The van der Waals surface area contributed by atoms with Crippen LogP contribution in [0, 0.1) is 0 Å². The SMILES string of the molecule is COc1nc(N2CCC(Nc3ccc4c(c3)OCCO4)C2=O)ccc1C1CNNC1. The number of carbonyl (C=O) groups is 1. The van der Waals surface area contributed by atoms with Crippen LogP contribution in [0.15, 0.2) is 30.3 Å². The van der Waals surface area contributed by atoms with Crippen LogP contribution in [0.25, 0.3) is 0 Å². The van der Waals surface area contributed by atoms with E-state index in [1.165, 1.54) is 0 Å². The Morgan fingerprint density at radius 3 is 2.73 bits per heavy atom. The quantitative estimate of drug-likeness (QED) is 0.677. The molecule has 30 heavy (non-hydrogen) atoms. The highest BCUT2D eigenvalue weighted by Gasteiger charge is 2.34. The van der Waals surface area contributed by atoms with E-state index in [4.69, 9.17) is 14.2 Å². The maximum absolute atomic E-state index is 13.0. The number of hydrazine groups is 1. The molecule has 9 nitrogen and oxygen atoms in total. The summed E-state index contributed by atoms with van der Waals surface area (Å²) in [4.78, 5) is 19.4. The Labute approximate surface area is 174 Å². The number of nitrogens with zero attached hydrogens (tertiary/aromatic N) is 2. The van der Waals surface area contributed by atoms with E-state index in [9.17, 15) is 4.79 Å². The minimum Gasteiger partial charge on any atom is -0.486 e. The van der Waals surface area contributed by atoms with Gasteiger partial charge in [-0.3, -0.25) is 20.5 Å². The van der Waals surface area contributed by atoms with Gasteiger partial charge in [-0.05, 0) is 30.7 Å². The van der Waals surface area contributed by atoms with E-state index in [0.717, 1.165) is 30.1 Å². The van der Waals surface area contributed by atoms with Crippen LogP contribution in [0.3, 0.4) is 0 Å². The van der Waals surface area contributed by atoms with Crippen molar-refractivity contribution in [2.24, 2.45) is 0 Å². The lowest BCUT2D eigenvalue weighted by molar-refractivity contribution is -0.117. The highest BCUT2D eigenvalue weighted by atomic mass is 16.6. The zero-order valence-corrected chi connectivity index (χ0v) is 16.8. The van der Waals surface area contributed by atoms with Crippen LogP contribution in [-0.2, 0) is 4.79 Å². The second kappa shape index (κ2) is 8.00. The number of nitrogens with one attached hydrogen (secondary N) is 3. The molecule has 1 unspecified atom stereocenters. The van der Waals surface area contributed by atoms with E-state index in [1.54, 1.807) is 12.0 Å². The number of hydrogen-bond acceptors (Lipinski definition) is 8. The van der Waals surface area contributed by atoms with Gasteiger partial charge in [0.25, 0.3) is 5.91 Å². The fourth-order valence-corrected chi connectivity index (χ4v) is 4.12. The number of benzene rings is 1. The molecular weight excluding hydrogens is 386 g/mol. The van der Waals surface area contributed by atoms with Gasteiger partial charge in [-0.15, -0.1) is 0 Å². The molecule has 0 spiro atoms. The summed E-state index contributed by atoms with van der Waals surface area (Å²) in [6.45, 7) is 3.33. The zero-order chi connectivity index (χ0) is 20.5. The number of carbonyl (C=O) groups excluding carboxylic acids is 1. The first-order chi connectivity index (χ1) is 14.7. The number of methoxy groups -OCH3 is 1. The van der Waals surface area contributed by atoms with Crippen molar-refractivity contribution in [3.8, 4) is 17.4 Å². The number of pyridine rings is 1. The molecular formula is C21H25N5O4. The number of ether oxygens (including phenoxy) is 3. The van der Waals surface area contributed by atoms with Crippen molar-refractivity contribution in [1.82, 2.24) is 15.8 Å². The number of amides is 1. The van der Waals surface area contributed by atoms with Crippen LogP contribution in [-0.4, -0.2) is 56.9 Å². The van der Waals surface area contributed by atoms with Gasteiger partial charge in [0.1, 0.15) is 25.1 Å². The molecule has 9 heteroatoms. The van der Waals surface area contributed by atoms with Gasteiger partial charge in [-0.2, -0.15) is 4.98 Å². The van der Waals surface area contributed by atoms with Crippen LogP contribution in [0.1, 0.15) is 17.9 Å². The van der Waals surface area contributed by atoms with E-state index in [2.05, 4.69) is 21.2 Å². The second-order valence-electron chi connectivity index (χ2n) is 7.56. The lowest BCUT2D eigenvalue weighted by Crippen LogP contribution is -2.34. The van der Waals surface area contributed by atoms with Crippen molar-refractivity contribution >= 4 is 17.4 Å². The smallest absolute Gasteiger partial charge is 0.250 e. The van der Waals surface area contributed by atoms with Gasteiger partial charge in [0.15, 0.2) is 11.5 Å². The summed E-state index contributed by atoms with van der Waals surface area (Å²) in [5.41, 5.74) is 8.12. The third kappa shape index (κ3) is 3.50. The summed E-state index contributed by atoms with van der Waals surface area (Å²) in [5.74, 6) is 2.91. The lowest BCUT2D eigenvalue weighted by atomic mass is 10.0. The first kappa shape index (κ1) is 19.0. The molecule has 2 aromatic rings. The second-order valence-corrected chi connectivity index (χ2v) is 7.56. The van der Waals surface area contributed by atoms with Crippen LogP contribution in [0.5, 0.6) is 17.4 Å². The summed E-state index contributed by atoms with van der Waals surface area (Å²) in [6, 6.07) is 9.25. The molecule has 2 saturated heterocycles. The zero-order valence-electron chi connectivity index (χ0n) is 16.8. The fourth-order valence-electron chi connectivity index (χ4n) is 4.12. The third-order valence-corrected chi connectivity index (χ3v) is 5.70. The van der Waals surface area contributed by atoms with Crippen LogP contribution < -0.4 is 35.3 Å². The summed E-state index contributed by atoms with van der Waals surface area (Å²) in [5, 5.41) is 3.32. The molecule has 0 radical (unpaired) electrons. The molecule has 3 aliphatic heterocycles. The van der Waals surface area contributed by atoms with Crippen molar-refractivity contribution in [3.05, 3.63) is 35.9 Å². The third-order valence-electron chi connectivity index (χ3n) is 5.70. The molecule has 0 aliphatic carbocycles. The first-order valence-electron chi connectivity index (χ1n) is 10.2. The molecule has 5 rings (SSSR count). The normalized spacial score (nSPS) is 21.2. The molecule has 3 N–H and O–H groups in total. The standard InChI is InChI=1S/C21H25N5O4/c1-28-20-15(13-11-22-23-12-13)3-5-19(25-20)26-7-6-16(21(26)27)24-14-2-4-17-18(10-14)30-9-8-29-17/h2-5,10,13,16,22-24H,6-9,11-12H2,1H3. The molecule has 1 atom stereocenters. The molecule has 1 aromatic carbocycles. The molecule has 4 heterocycles. The molecule has 0 saturated carbocycles. The van der Waals surface area contributed by atoms with E-state index in [-0.39, 0.29) is 11.9 Å². The molecule has 1 aromatic heterocycles. The van der Waals surface area contributed by atoms with E-state index in [0.29, 0.717) is 49.5 Å². The summed E-state index contributed by atoms with van der Waals surface area (Å²) < 4.78 is 16.7. The van der Waals surface area contributed by atoms with Gasteiger partial charge in [0.05, 0.1) is 7.11 Å². The lowest BCUT2D eigenvalue weighted by Gasteiger charge is -2.21. The number of hydrogen-bond donors (Lipinski definition) is 3. The van der Waals surface area contributed by atoms with Gasteiger partial charge >= 0.3 is 0 Å². The van der Waals surface area contributed by atoms with E-state index < -0.39 is 0 Å². The molecule has 3 aliphatic rings. The largest absolute Gasteiger partial charge is 0.486 e. The highest BCUT2D eigenvalue weighted by molar-refractivity contribution is 6.00. The Kier molecular flexibility index (Phi) is 5.06. The topological polar surface area (TPSA) is 97.0 Å². The van der Waals surface area contributed by atoms with Crippen molar-refractivity contribution in [3.63, 3.8) is 0 Å². The molecule has 0 bridgehead atoms. The van der Waals surface area contributed by atoms with Crippen molar-refractivity contribution in [1.29, 1.82) is 0 Å². The number of anilines is 2. The highest BCUT2D eigenvalue weighted by Crippen LogP contribution is 2.34. The average Bonchev–Trinajstić information content (AvgIpc) is 3.44. The van der Waals surface area contributed by atoms with Crippen molar-refractivity contribution in [2.75, 3.05) is 50.2 Å². The fraction of sp³-hybridized carbons (Fsp3) is 0.429. The van der Waals surface area contributed by atoms with Gasteiger partial charge in [0, 0.05) is 42.9 Å². The van der Waals surface area contributed by atoms with Crippen molar-refractivity contribution < 1.29 is 19.0 Å². The summed E-state index contributed by atoms with van der Waals surface area (Å²) in [6.07, 6.45) is 0.690. The monoisotopic (exact) mass is 411 g/mol. The maximum Gasteiger partial charge on any atom is 0.250 e. The van der Waals surface area contributed by atoms with E-state index >= 15 is 0 Å². The van der Waals surface area contributed by atoms with Crippen molar-refractivity contribution in [2.45, 2.75) is 18.4 Å². The Bertz CT molecular complexity index is 947. The van der Waals surface area contributed by atoms with Gasteiger partial charge in [-0.1, -0.05) is 0 Å². The van der Waals surface area contributed by atoms with E-state index in [1.807, 2.05) is 30.3 Å². The number of rotatable bonds is 5. The Morgan fingerprint density at radius 1 is 1.13 bits per heavy atom. The summed E-state index contributed by atoms with van der Waals surface area (Å²) >= 11 is 0. The minimum absolute atomic E-state index is 0.00334. The molecule has 2 fully saturated rings. The van der Waals surface area contributed by atoms with Crippen LogP contribution in [0.4, 0.5) is 11.5 Å². The number of aromatic nitrogens is 1.